The van der Waals surface area contributed by atoms with Crippen LogP contribution in [0.2, 0.25) is 0 Å². The Morgan fingerprint density at radius 2 is 1.95 bits per heavy atom. The summed E-state index contributed by atoms with van der Waals surface area (Å²) >= 11 is 0. The first kappa shape index (κ1) is 15.3. The van der Waals surface area contributed by atoms with Crippen LogP contribution >= 0.6 is 0 Å². The van der Waals surface area contributed by atoms with E-state index in [4.69, 9.17) is 4.74 Å². The summed E-state index contributed by atoms with van der Waals surface area (Å²) in [6.07, 6.45) is 1.46. The lowest BCUT2D eigenvalue weighted by Gasteiger charge is -2.56. The zero-order chi connectivity index (χ0) is 16.3. The largest absolute Gasteiger partial charge is 0.504 e. The molecule has 1 fully saturated rings. The lowest BCUT2D eigenvalue weighted by molar-refractivity contribution is -0.0545. The third-order valence-corrected chi connectivity index (χ3v) is 6.03. The van der Waals surface area contributed by atoms with Crippen molar-refractivity contribution >= 4 is 5.78 Å². The molecule has 2 N–H and O–H groups in total. The Labute approximate surface area is 131 Å². The summed E-state index contributed by atoms with van der Waals surface area (Å²) < 4.78 is 5.13. The molecule has 3 rings (SSSR count). The van der Waals surface area contributed by atoms with E-state index in [1.54, 1.807) is 6.07 Å². The average molecular weight is 304 g/mol. The topological polar surface area (TPSA) is 66.8 Å². The number of rotatable bonds is 1. The SMILES string of the molecule is COc1ccc2c(c1O)C(=O)C[C@H]1C(C)(C)CC[C@@H](O)[C@]21C. The van der Waals surface area contributed by atoms with Gasteiger partial charge < -0.3 is 14.9 Å². The molecular formula is C18H24O4. The van der Waals surface area contributed by atoms with Crippen molar-refractivity contribution in [2.24, 2.45) is 11.3 Å². The van der Waals surface area contributed by atoms with Crippen LogP contribution in [-0.4, -0.2) is 29.2 Å². The van der Waals surface area contributed by atoms with E-state index in [2.05, 4.69) is 13.8 Å². The average Bonchev–Trinajstić information content (AvgIpc) is 2.46. The normalized spacial score (nSPS) is 33.0. The molecule has 1 aromatic carbocycles. The number of methoxy groups -OCH3 is 1. The van der Waals surface area contributed by atoms with Crippen LogP contribution in [0.15, 0.2) is 12.1 Å². The van der Waals surface area contributed by atoms with E-state index in [-0.39, 0.29) is 22.9 Å². The van der Waals surface area contributed by atoms with Gasteiger partial charge in [0.15, 0.2) is 17.3 Å². The number of hydrogen-bond donors (Lipinski definition) is 2. The summed E-state index contributed by atoms with van der Waals surface area (Å²) in [6, 6.07) is 3.52. The van der Waals surface area contributed by atoms with Gasteiger partial charge in [0, 0.05) is 11.8 Å². The minimum absolute atomic E-state index is 0.0170. The molecule has 1 saturated carbocycles. The van der Waals surface area contributed by atoms with Crippen LogP contribution in [-0.2, 0) is 5.41 Å². The molecule has 0 radical (unpaired) electrons. The van der Waals surface area contributed by atoms with Gasteiger partial charge in [-0.2, -0.15) is 0 Å². The fourth-order valence-electron chi connectivity index (χ4n) is 4.64. The van der Waals surface area contributed by atoms with Crippen LogP contribution in [0.3, 0.4) is 0 Å². The molecule has 0 spiro atoms. The van der Waals surface area contributed by atoms with Gasteiger partial charge >= 0.3 is 0 Å². The van der Waals surface area contributed by atoms with Crippen molar-refractivity contribution in [2.75, 3.05) is 7.11 Å². The second kappa shape index (κ2) is 4.72. The number of carbonyl (C=O) groups excluding carboxylic acids is 1. The van der Waals surface area contributed by atoms with Gasteiger partial charge in [-0.25, -0.2) is 0 Å². The highest BCUT2D eigenvalue weighted by atomic mass is 16.5. The Morgan fingerprint density at radius 3 is 2.59 bits per heavy atom. The maximum absolute atomic E-state index is 12.7. The Kier molecular flexibility index (Phi) is 3.29. The number of fused-ring (bicyclic) bond motifs is 3. The van der Waals surface area contributed by atoms with Gasteiger partial charge in [0.05, 0.1) is 18.8 Å². The van der Waals surface area contributed by atoms with Crippen molar-refractivity contribution in [3.8, 4) is 11.5 Å². The van der Waals surface area contributed by atoms with Crippen LogP contribution in [0.4, 0.5) is 0 Å². The van der Waals surface area contributed by atoms with E-state index >= 15 is 0 Å². The molecule has 22 heavy (non-hydrogen) atoms. The molecule has 4 heteroatoms. The lowest BCUT2D eigenvalue weighted by Crippen LogP contribution is -2.56. The minimum Gasteiger partial charge on any atom is -0.504 e. The zero-order valence-corrected chi connectivity index (χ0v) is 13.6. The van der Waals surface area contributed by atoms with E-state index in [1.807, 2.05) is 13.0 Å². The van der Waals surface area contributed by atoms with Gasteiger partial charge in [0.25, 0.3) is 0 Å². The number of ketones is 1. The Bertz CT molecular complexity index is 634. The summed E-state index contributed by atoms with van der Waals surface area (Å²) in [7, 11) is 1.47. The highest BCUT2D eigenvalue weighted by Gasteiger charge is 2.56. The molecule has 2 aliphatic rings. The molecule has 0 amide bonds. The summed E-state index contributed by atoms with van der Waals surface area (Å²) in [4.78, 5) is 12.7. The Morgan fingerprint density at radius 1 is 1.27 bits per heavy atom. The standard InChI is InChI=1S/C18H24O4/c1-17(2)8-7-14(20)18(3)10-5-6-12(22-4)16(21)15(10)11(19)9-13(17)18/h5-6,13-14,20-21H,7-9H2,1-4H3/t13-,14+,18+/m0/s1. The predicted octanol–water partition coefficient (Wildman–Crippen LogP) is 3.04. The van der Waals surface area contributed by atoms with Crippen molar-refractivity contribution in [1.82, 2.24) is 0 Å². The van der Waals surface area contributed by atoms with E-state index in [1.165, 1.54) is 7.11 Å². The third-order valence-electron chi connectivity index (χ3n) is 6.03. The Balaban J connectivity index is 2.26. The molecule has 0 heterocycles. The molecule has 120 valence electrons. The third kappa shape index (κ3) is 1.83. The summed E-state index contributed by atoms with van der Waals surface area (Å²) in [5.41, 5.74) is 0.549. The van der Waals surface area contributed by atoms with Crippen LogP contribution < -0.4 is 4.74 Å². The van der Waals surface area contributed by atoms with Gasteiger partial charge in [-0.05, 0) is 35.8 Å². The summed E-state index contributed by atoms with van der Waals surface area (Å²) in [6.45, 7) is 6.37. The van der Waals surface area contributed by atoms with Gasteiger partial charge in [-0.15, -0.1) is 0 Å². The predicted molar refractivity (Wildman–Crippen MR) is 83.5 cm³/mol. The number of phenols is 1. The quantitative estimate of drug-likeness (QED) is 0.837. The number of phenolic OH excluding ortho intramolecular Hbond substituents is 1. The van der Waals surface area contributed by atoms with Crippen molar-refractivity contribution in [3.05, 3.63) is 23.3 Å². The van der Waals surface area contributed by atoms with E-state index in [0.29, 0.717) is 24.2 Å². The van der Waals surface area contributed by atoms with Crippen molar-refractivity contribution in [1.29, 1.82) is 0 Å². The number of aromatic hydroxyl groups is 1. The first-order valence-electron chi connectivity index (χ1n) is 7.85. The molecule has 2 aliphatic carbocycles. The molecule has 0 aliphatic heterocycles. The van der Waals surface area contributed by atoms with E-state index in [9.17, 15) is 15.0 Å². The number of hydrogen-bond acceptors (Lipinski definition) is 4. The van der Waals surface area contributed by atoms with Crippen molar-refractivity contribution in [3.63, 3.8) is 0 Å². The fourth-order valence-corrected chi connectivity index (χ4v) is 4.64. The molecule has 0 unspecified atom stereocenters. The maximum Gasteiger partial charge on any atom is 0.168 e. The van der Waals surface area contributed by atoms with Crippen molar-refractivity contribution in [2.45, 2.75) is 51.6 Å². The van der Waals surface area contributed by atoms with E-state index < -0.39 is 11.5 Å². The molecule has 4 nitrogen and oxygen atoms in total. The second-order valence-corrected chi connectivity index (χ2v) is 7.54. The molecule has 0 bridgehead atoms. The number of Topliss-reactive ketones (excluding diaryl/α,β-unsaturated/α-hetero) is 1. The summed E-state index contributed by atoms with van der Waals surface area (Å²) in [5, 5.41) is 21.1. The smallest absolute Gasteiger partial charge is 0.168 e. The molecule has 1 aromatic rings. The van der Waals surface area contributed by atoms with Gasteiger partial charge in [-0.1, -0.05) is 26.8 Å². The molecule has 0 saturated heterocycles. The van der Waals surface area contributed by atoms with Crippen molar-refractivity contribution < 1.29 is 19.7 Å². The number of carbonyl (C=O) groups is 1. The maximum atomic E-state index is 12.7. The second-order valence-electron chi connectivity index (χ2n) is 7.54. The molecule has 3 atom stereocenters. The Hall–Kier alpha value is -1.55. The highest BCUT2D eigenvalue weighted by molar-refractivity contribution is 6.02. The number of aliphatic hydroxyl groups is 1. The first-order chi connectivity index (χ1) is 10.2. The monoisotopic (exact) mass is 304 g/mol. The number of aliphatic hydroxyl groups excluding tert-OH is 1. The fraction of sp³-hybridized carbons (Fsp3) is 0.611. The lowest BCUT2D eigenvalue weighted by atomic mass is 9.49. The van der Waals surface area contributed by atoms with Gasteiger partial charge in [0.2, 0.25) is 0 Å². The van der Waals surface area contributed by atoms with Gasteiger partial charge in [0.1, 0.15) is 0 Å². The van der Waals surface area contributed by atoms with Crippen LogP contribution in [0.5, 0.6) is 11.5 Å². The summed E-state index contributed by atoms with van der Waals surface area (Å²) in [5.74, 6) is 0.214. The number of ether oxygens (including phenoxy) is 1. The van der Waals surface area contributed by atoms with Gasteiger partial charge in [-0.3, -0.25) is 4.79 Å². The zero-order valence-electron chi connectivity index (χ0n) is 13.6. The first-order valence-corrected chi connectivity index (χ1v) is 7.85. The van der Waals surface area contributed by atoms with E-state index in [0.717, 1.165) is 12.0 Å². The molecular weight excluding hydrogens is 280 g/mol. The van der Waals surface area contributed by atoms with Crippen LogP contribution in [0.25, 0.3) is 0 Å². The minimum atomic E-state index is -0.519. The van der Waals surface area contributed by atoms with Crippen LogP contribution in [0, 0.1) is 11.3 Å². The van der Waals surface area contributed by atoms with Crippen LogP contribution in [0.1, 0.15) is 56.0 Å². The molecule has 0 aromatic heterocycles. The highest BCUT2D eigenvalue weighted by Crippen LogP contribution is 2.58. The number of benzene rings is 1.